The maximum Gasteiger partial charge on any atom is 0.254 e. The quantitative estimate of drug-likeness (QED) is 0.546. The molecule has 0 unspecified atom stereocenters. The minimum Gasteiger partial charge on any atom is -0.490 e. The van der Waals surface area contributed by atoms with E-state index in [1.165, 1.54) is 17.7 Å². The minimum absolute atomic E-state index is 0.161. The lowest BCUT2D eigenvalue weighted by Crippen LogP contribution is -2.55. The second kappa shape index (κ2) is 11.4. The number of piperazine rings is 1. The number of carbonyl (C=O) groups is 2. The molecule has 1 aliphatic carbocycles. The molecule has 2 aromatic rings. The molecule has 1 aliphatic heterocycles. The summed E-state index contributed by atoms with van der Waals surface area (Å²) in [6.07, 6.45) is 1.07. The molecule has 0 spiro atoms. The first kappa shape index (κ1) is 24.0. The Hall–Kier alpha value is -3.10. The zero-order valence-electron chi connectivity index (χ0n) is 19.3. The number of rotatable bonds is 8. The molecular weight excluding hydrogens is 434 g/mol. The van der Waals surface area contributed by atoms with E-state index in [9.17, 15) is 19.8 Å². The first-order chi connectivity index (χ1) is 16.5. The Morgan fingerprint density at radius 1 is 0.941 bits per heavy atom. The van der Waals surface area contributed by atoms with Crippen LogP contribution in [0.15, 0.2) is 54.6 Å². The van der Waals surface area contributed by atoms with Crippen molar-refractivity contribution in [2.75, 3.05) is 31.1 Å². The normalized spacial score (nSPS) is 18.4. The summed E-state index contributed by atoms with van der Waals surface area (Å²) in [5.41, 5.74) is 1.89. The molecule has 1 heterocycles. The number of amides is 2. The van der Waals surface area contributed by atoms with Gasteiger partial charge in [0.2, 0.25) is 0 Å². The number of benzene rings is 2. The van der Waals surface area contributed by atoms with Crippen molar-refractivity contribution < 1.29 is 24.5 Å². The standard InChI is InChI=1S/C26H33N3O5/c30-23(24(31)26(33)29-15-13-28(14-16-29)20-8-2-1-3-9-20)25(32)27-18-19-7-6-12-22(17-19)34-21-10-4-5-11-21/h1-3,6-9,12,17,21,23-24,30-31H,4-5,10-11,13-16,18H2,(H,27,32)/t23-,24-/m1/s1. The molecular formula is C26H33N3O5. The Morgan fingerprint density at radius 2 is 1.65 bits per heavy atom. The van der Waals surface area contributed by atoms with Crippen molar-refractivity contribution >= 4 is 17.5 Å². The fourth-order valence-corrected chi connectivity index (χ4v) is 4.51. The van der Waals surface area contributed by atoms with Crippen molar-refractivity contribution in [2.24, 2.45) is 0 Å². The highest BCUT2D eigenvalue weighted by molar-refractivity contribution is 5.90. The third-order valence-electron chi connectivity index (χ3n) is 6.50. The summed E-state index contributed by atoms with van der Waals surface area (Å²) < 4.78 is 5.99. The molecule has 182 valence electrons. The Labute approximate surface area is 200 Å². The average Bonchev–Trinajstić information content (AvgIpc) is 3.40. The largest absolute Gasteiger partial charge is 0.490 e. The average molecular weight is 468 g/mol. The van der Waals surface area contributed by atoms with Crippen LogP contribution in [-0.2, 0) is 16.1 Å². The lowest BCUT2D eigenvalue weighted by Gasteiger charge is -2.37. The number of ether oxygens (including phenoxy) is 1. The molecule has 2 aromatic carbocycles. The molecule has 34 heavy (non-hydrogen) atoms. The lowest BCUT2D eigenvalue weighted by atomic mass is 10.1. The minimum atomic E-state index is -1.84. The maximum absolute atomic E-state index is 12.7. The van der Waals surface area contributed by atoms with Gasteiger partial charge in [0, 0.05) is 38.4 Å². The molecule has 8 nitrogen and oxygen atoms in total. The highest BCUT2D eigenvalue weighted by Gasteiger charge is 2.34. The number of hydrogen-bond donors (Lipinski definition) is 3. The van der Waals surface area contributed by atoms with Gasteiger partial charge in [-0.05, 0) is 55.5 Å². The Balaban J connectivity index is 1.24. The Kier molecular flexibility index (Phi) is 8.03. The molecule has 2 fully saturated rings. The summed E-state index contributed by atoms with van der Waals surface area (Å²) in [6.45, 7) is 2.21. The first-order valence-corrected chi connectivity index (χ1v) is 12.0. The third-order valence-corrected chi connectivity index (χ3v) is 6.50. The van der Waals surface area contributed by atoms with E-state index in [1.807, 2.05) is 54.6 Å². The number of para-hydroxylation sites is 1. The van der Waals surface area contributed by atoms with Gasteiger partial charge in [0.05, 0.1) is 6.10 Å². The third kappa shape index (κ3) is 6.07. The van der Waals surface area contributed by atoms with Crippen LogP contribution in [0.1, 0.15) is 31.2 Å². The van der Waals surface area contributed by atoms with E-state index in [-0.39, 0.29) is 12.6 Å². The zero-order chi connectivity index (χ0) is 23.9. The number of hydrogen-bond acceptors (Lipinski definition) is 6. The van der Waals surface area contributed by atoms with Crippen molar-refractivity contribution in [3.63, 3.8) is 0 Å². The molecule has 0 radical (unpaired) electrons. The lowest BCUT2D eigenvalue weighted by molar-refractivity contribution is -0.153. The van der Waals surface area contributed by atoms with Gasteiger partial charge in [-0.15, -0.1) is 0 Å². The molecule has 3 N–H and O–H groups in total. The van der Waals surface area contributed by atoms with Crippen molar-refractivity contribution in [3.8, 4) is 5.75 Å². The van der Waals surface area contributed by atoms with Crippen LogP contribution in [0.2, 0.25) is 0 Å². The van der Waals surface area contributed by atoms with Crippen LogP contribution in [0.5, 0.6) is 5.75 Å². The SMILES string of the molecule is O=C(NCc1cccc(OC2CCCC2)c1)[C@H](O)[C@@H](O)C(=O)N1CCN(c2ccccc2)CC1. The van der Waals surface area contributed by atoms with Gasteiger partial charge < -0.3 is 30.1 Å². The molecule has 2 atom stereocenters. The number of anilines is 1. The van der Waals surface area contributed by atoms with Crippen molar-refractivity contribution in [1.82, 2.24) is 10.2 Å². The summed E-state index contributed by atoms with van der Waals surface area (Å²) in [4.78, 5) is 28.7. The number of carbonyl (C=O) groups excluding carboxylic acids is 2. The molecule has 0 bridgehead atoms. The Bertz CT molecular complexity index is 956. The van der Waals surface area contributed by atoms with E-state index in [2.05, 4.69) is 10.2 Å². The summed E-state index contributed by atoms with van der Waals surface area (Å²) >= 11 is 0. The van der Waals surface area contributed by atoms with E-state index >= 15 is 0 Å². The van der Waals surface area contributed by atoms with Crippen LogP contribution >= 0.6 is 0 Å². The van der Waals surface area contributed by atoms with Crippen molar-refractivity contribution in [2.45, 2.75) is 50.5 Å². The van der Waals surface area contributed by atoms with E-state index in [0.717, 1.165) is 29.8 Å². The number of nitrogens with zero attached hydrogens (tertiary/aromatic N) is 2. The number of aliphatic hydroxyl groups is 2. The molecule has 1 saturated carbocycles. The van der Waals surface area contributed by atoms with Gasteiger partial charge in [0.1, 0.15) is 5.75 Å². The van der Waals surface area contributed by atoms with Crippen LogP contribution in [0.4, 0.5) is 5.69 Å². The van der Waals surface area contributed by atoms with Crippen molar-refractivity contribution in [3.05, 3.63) is 60.2 Å². The van der Waals surface area contributed by atoms with Crippen LogP contribution in [0.3, 0.4) is 0 Å². The van der Waals surface area contributed by atoms with Crippen LogP contribution in [0.25, 0.3) is 0 Å². The zero-order valence-corrected chi connectivity index (χ0v) is 19.3. The second-order valence-electron chi connectivity index (χ2n) is 8.93. The monoisotopic (exact) mass is 467 g/mol. The van der Waals surface area contributed by atoms with Gasteiger partial charge in [0.25, 0.3) is 11.8 Å². The van der Waals surface area contributed by atoms with E-state index in [4.69, 9.17) is 4.74 Å². The number of aliphatic hydroxyl groups excluding tert-OH is 2. The molecule has 4 rings (SSSR count). The summed E-state index contributed by atoms with van der Waals surface area (Å²) in [5, 5.41) is 23.3. The van der Waals surface area contributed by atoms with Gasteiger partial charge in [-0.3, -0.25) is 9.59 Å². The topological polar surface area (TPSA) is 102 Å². The van der Waals surface area contributed by atoms with Crippen molar-refractivity contribution in [1.29, 1.82) is 0 Å². The van der Waals surface area contributed by atoms with Gasteiger partial charge in [-0.2, -0.15) is 0 Å². The first-order valence-electron chi connectivity index (χ1n) is 12.0. The van der Waals surface area contributed by atoms with E-state index in [0.29, 0.717) is 26.2 Å². The fourth-order valence-electron chi connectivity index (χ4n) is 4.51. The van der Waals surface area contributed by atoms with Crippen LogP contribution in [0, 0.1) is 0 Å². The molecule has 8 heteroatoms. The predicted molar refractivity (Wildman–Crippen MR) is 128 cm³/mol. The van der Waals surface area contributed by atoms with Crippen LogP contribution in [-0.4, -0.2) is 71.4 Å². The molecule has 2 amide bonds. The summed E-state index contributed by atoms with van der Waals surface area (Å²) in [7, 11) is 0. The highest BCUT2D eigenvalue weighted by Crippen LogP contribution is 2.24. The van der Waals surface area contributed by atoms with Gasteiger partial charge in [-0.1, -0.05) is 30.3 Å². The second-order valence-corrected chi connectivity index (χ2v) is 8.93. The van der Waals surface area contributed by atoms with Crippen LogP contribution < -0.4 is 15.0 Å². The van der Waals surface area contributed by atoms with Gasteiger partial charge >= 0.3 is 0 Å². The predicted octanol–water partition coefficient (Wildman–Crippen LogP) is 1.69. The number of nitrogens with one attached hydrogen (secondary N) is 1. The van der Waals surface area contributed by atoms with E-state index < -0.39 is 24.0 Å². The smallest absolute Gasteiger partial charge is 0.254 e. The molecule has 0 aromatic heterocycles. The fraction of sp³-hybridized carbons (Fsp3) is 0.462. The van der Waals surface area contributed by atoms with Gasteiger partial charge in [-0.25, -0.2) is 0 Å². The highest BCUT2D eigenvalue weighted by atomic mass is 16.5. The van der Waals surface area contributed by atoms with E-state index in [1.54, 1.807) is 0 Å². The van der Waals surface area contributed by atoms with Gasteiger partial charge in [0.15, 0.2) is 12.2 Å². The molecule has 1 saturated heterocycles. The summed E-state index contributed by atoms with van der Waals surface area (Å²) in [5.74, 6) is -0.669. The Morgan fingerprint density at radius 3 is 2.35 bits per heavy atom. The maximum atomic E-state index is 12.7. The molecule has 2 aliphatic rings. The summed E-state index contributed by atoms with van der Waals surface area (Å²) in [6, 6.07) is 17.4.